The van der Waals surface area contributed by atoms with E-state index in [0.717, 1.165) is 19.1 Å². The summed E-state index contributed by atoms with van der Waals surface area (Å²) in [5.74, 6) is -0.128. The van der Waals surface area contributed by atoms with Crippen LogP contribution in [-0.4, -0.2) is 16.7 Å². The summed E-state index contributed by atoms with van der Waals surface area (Å²) in [6, 6.07) is 6.58. The van der Waals surface area contributed by atoms with Crippen LogP contribution in [0.5, 0.6) is 0 Å². The third-order valence-electron chi connectivity index (χ3n) is 3.77. The smallest absolute Gasteiger partial charge is 0.284 e. The number of rotatable bonds is 5. The molecule has 0 heterocycles. The van der Waals surface area contributed by atoms with Crippen molar-refractivity contribution in [1.29, 1.82) is 0 Å². The highest BCUT2D eigenvalue weighted by atomic mass is 32.2. The number of allylic oxidation sites excluding steroid dienone is 1. The fourth-order valence-electron chi connectivity index (χ4n) is 2.55. The molecule has 5 nitrogen and oxygen atoms in total. The number of para-hydroxylation sites is 1. The fraction of sp³-hybridized carbons (Fsp3) is 0.400. The first-order chi connectivity index (χ1) is 9.96. The standard InChI is InChI=1S/C15H18N2O3S/c1-11-7-8-12(10-18)15(2,9-11)16-21-14-6-4-3-5-13(14)17(19)20/h3-6,9-10,12,16H,7-8H2,1-2H3/t12-,15-/m0/s1. The van der Waals surface area contributed by atoms with Gasteiger partial charge < -0.3 is 4.79 Å². The Hall–Kier alpha value is -1.66. The van der Waals surface area contributed by atoms with Crippen LogP contribution in [0.2, 0.25) is 0 Å². The fourth-order valence-corrected chi connectivity index (χ4v) is 3.48. The van der Waals surface area contributed by atoms with Gasteiger partial charge in [-0.1, -0.05) is 23.8 Å². The second-order valence-corrected chi connectivity index (χ2v) is 6.33. The minimum atomic E-state index is -0.488. The summed E-state index contributed by atoms with van der Waals surface area (Å²) >= 11 is 1.21. The average Bonchev–Trinajstić information content (AvgIpc) is 2.45. The molecule has 0 radical (unpaired) electrons. The van der Waals surface area contributed by atoms with Crippen LogP contribution in [0.25, 0.3) is 0 Å². The average molecular weight is 306 g/mol. The largest absolute Gasteiger partial charge is 0.303 e. The maximum atomic E-state index is 11.3. The van der Waals surface area contributed by atoms with E-state index < -0.39 is 10.5 Å². The summed E-state index contributed by atoms with van der Waals surface area (Å²) in [5.41, 5.74) is 0.808. The number of benzene rings is 1. The zero-order valence-electron chi connectivity index (χ0n) is 12.0. The monoisotopic (exact) mass is 306 g/mol. The highest BCUT2D eigenvalue weighted by molar-refractivity contribution is 7.97. The molecule has 1 aliphatic carbocycles. The molecule has 1 aromatic carbocycles. The number of carbonyl (C=O) groups is 1. The van der Waals surface area contributed by atoms with Crippen molar-refractivity contribution in [2.24, 2.45) is 5.92 Å². The molecule has 0 aromatic heterocycles. The van der Waals surface area contributed by atoms with Crippen LogP contribution in [0.15, 0.2) is 40.8 Å². The molecular formula is C15H18N2O3S. The van der Waals surface area contributed by atoms with Gasteiger partial charge in [0.2, 0.25) is 0 Å². The molecular weight excluding hydrogens is 288 g/mol. The Labute approximate surface area is 128 Å². The third-order valence-corrected chi connectivity index (χ3v) is 4.88. The lowest BCUT2D eigenvalue weighted by atomic mass is 9.77. The van der Waals surface area contributed by atoms with Crippen LogP contribution >= 0.6 is 11.9 Å². The molecule has 0 bridgehead atoms. The Morgan fingerprint density at radius 1 is 1.48 bits per heavy atom. The predicted molar refractivity (Wildman–Crippen MR) is 83.0 cm³/mol. The Morgan fingerprint density at radius 2 is 2.19 bits per heavy atom. The quantitative estimate of drug-likeness (QED) is 0.296. The Bertz CT molecular complexity index is 588. The zero-order valence-corrected chi connectivity index (χ0v) is 12.9. The van der Waals surface area contributed by atoms with Crippen molar-refractivity contribution < 1.29 is 9.72 Å². The molecule has 112 valence electrons. The number of nitrogens with zero attached hydrogens (tertiary/aromatic N) is 1. The van der Waals surface area contributed by atoms with Gasteiger partial charge >= 0.3 is 0 Å². The second kappa shape index (κ2) is 6.41. The van der Waals surface area contributed by atoms with Crippen LogP contribution < -0.4 is 4.72 Å². The van der Waals surface area contributed by atoms with Crippen LogP contribution in [-0.2, 0) is 4.79 Å². The van der Waals surface area contributed by atoms with Crippen LogP contribution in [0.1, 0.15) is 26.7 Å². The number of carbonyl (C=O) groups excluding carboxylic acids is 1. The second-order valence-electron chi connectivity index (χ2n) is 5.48. The van der Waals surface area contributed by atoms with Gasteiger partial charge in [0, 0.05) is 12.0 Å². The molecule has 1 aromatic rings. The first-order valence-corrected chi connectivity index (χ1v) is 7.59. The third kappa shape index (κ3) is 3.51. The Kier molecular flexibility index (Phi) is 4.80. The zero-order chi connectivity index (χ0) is 15.5. The molecule has 0 unspecified atom stereocenters. The number of hydrogen-bond donors (Lipinski definition) is 1. The molecule has 6 heteroatoms. The van der Waals surface area contributed by atoms with Gasteiger partial charge in [0.1, 0.15) is 11.2 Å². The number of nitrogens with one attached hydrogen (secondary N) is 1. The highest BCUT2D eigenvalue weighted by Gasteiger charge is 2.35. The Morgan fingerprint density at radius 3 is 2.86 bits per heavy atom. The van der Waals surface area contributed by atoms with E-state index in [-0.39, 0.29) is 11.6 Å². The first kappa shape index (κ1) is 15.7. The van der Waals surface area contributed by atoms with Gasteiger partial charge in [-0.15, -0.1) is 0 Å². The summed E-state index contributed by atoms with van der Waals surface area (Å²) in [6.45, 7) is 3.99. The first-order valence-electron chi connectivity index (χ1n) is 6.77. The molecule has 0 saturated carbocycles. The van der Waals surface area contributed by atoms with Gasteiger partial charge in [-0.05, 0) is 44.7 Å². The minimum absolute atomic E-state index is 0.0674. The molecule has 1 N–H and O–H groups in total. The molecule has 2 atom stereocenters. The maximum absolute atomic E-state index is 11.3. The minimum Gasteiger partial charge on any atom is -0.303 e. The topological polar surface area (TPSA) is 72.2 Å². The van der Waals surface area contributed by atoms with E-state index in [4.69, 9.17) is 0 Å². The molecule has 0 fully saturated rings. The summed E-state index contributed by atoms with van der Waals surface area (Å²) in [4.78, 5) is 22.5. The normalized spacial score (nSPS) is 25.2. The SMILES string of the molecule is CC1=C[C@](C)(NSc2ccccc2[N+](=O)[O-])[C@H](C=O)CC1. The summed E-state index contributed by atoms with van der Waals surface area (Å²) in [7, 11) is 0. The number of aldehydes is 1. The van der Waals surface area contributed by atoms with Gasteiger partial charge in [0.15, 0.2) is 0 Å². The molecule has 0 amide bonds. The van der Waals surface area contributed by atoms with Crippen molar-refractivity contribution >= 4 is 23.9 Å². The van der Waals surface area contributed by atoms with Gasteiger partial charge in [-0.2, -0.15) is 0 Å². The number of hydrogen-bond acceptors (Lipinski definition) is 5. The van der Waals surface area contributed by atoms with E-state index >= 15 is 0 Å². The Balaban J connectivity index is 2.20. The van der Waals surface area contributed by atoms with Crippen molar-refractivity contribution in [3.8, 4) is 0 Å². The molecule has 0 spiro atoms. The predicted octanol–water partition coefficient (Wildman–Crippen LogP) is 3.51. The van der Waals surface area contributed by atoms with Crippen molar-refractivity contribution in [3.63, 3.8) is 0 Å². The maximum Gasteiger partial charge on any atom is 0.284 e. The van der Waals surface area contributed by atoms with Crippen molar-refractivity contribution in [2.75, 3.05) is 0 Å². The lowest BCUT2D eigenvalue weighted by molar-refractivity contribution is -0.387. The van der Waals surface area contributed by atoms with Crippen molar-refractivity contribution in [1.82, 2.24) is 4.72 Å². The van der Waals surface area contributed by atoms with Crippen molar-refractivity contribution in [3.05, 3.63) is 46.0 Å². The van der Waals surface area contributed by atoms with Gasteiger partial charge in [0.25, 0.3) is 5.69 Å². The lowest BCUT2D eigenvalue weighted by Gasteiger charge is -2.36. The van der Waals surface area contributed by atoms with Crippen LogP contribution in [0, 0.1) is 16.0 Å². The molecule has 21 heavy (non-hydrogen) atoms. The lowest BCUT2D eigenvalue weighted by Crippen LogP contribution is -2.46. The molecule has 2 rings (SSSR count). The van der Waals surface area contributed by atoms with Crippen molar-refractivity contribution in [2.45, 2.75) is 37.1 Å². The molecule has 0 saturated heterocycles. The van der Waals surface area contributed by atoms with Gasteiger partial charge in [0.05, 0.1) is 10.5 Å². The summed E-state index contributed by atoms with van der Waals surface area (Å²) < 4.78 is 3.25. The number of nitro benzene ring substituents is 1. The van der Waals surface area contributed by atoms with E-state index in [2.05, 4.69) is 10.8 Å². The van der Waals surface area contributed by atoms with Gasteiger partial charge in [-0.3, -0.25) is 10.1 Å². The van der Waals surface area contributed by atoms with Gasteiger partial charge in [-0.25, -0.2) is 4.72 Å². The molecule has 1 aliphatic rings. The van der Waals surface area contributed by atoms with Crippen LogP contribution in [0.3, 0.4) is 0 Å². The van der Waals surface area contributed by atoms with Crippen LogP contribution in [0.4, 0.5) is 5.69 Å². The summed E-state index contributed by atoms with van der Waals surface area (Å²) in [5, 5.41) is 11.0. The van der Waals surface area contributed by atoms with E-state index in [9.17, 15) is 14.9 Å². The van der Waals surface area contributed by atoms with E-state index in [1.165, 1.54) is 23.6 Å². The number of nitro groups is 1. The highest BCUT2D eigenvalue weighted by Crippen LogP contribution is 2.35. The van der Waals surface area contributed by atoms with E-state index in [0.29, 0.717) is 4.90 Å². The molecule has 0 aliphatic heterocycles. The summed E-state index contributed by atoms with van der Waals surface area (Å²) in [6.07, 6.45) is 4.73. The van der Waals surface area contributed by atoms with E-state index in [1.54, 1.807) is 18.2 Å². The van der Waals surface area contributed by atoms with E-state index in [1.807, 2.05) is 13.8 Å².